The number of hydrogen-bond donors (Lipinski definition) is 1. The summed E-state index contributed by atoms with van der Waals surface area (Å²) < 4.78 is 1.04. The Morgan fingerprint density at radius 2 is 2.03 bits per heavy atom. The zero-order chi connectivity index (χ0) is 21.8. The van der Waals surface area contributed by atoms with Crippen molar-refractivity contribution in [2.75, 3.05) is 11.9 Å². The van der Waals surface area contributed by atoms with E-state index in [1.807, 2.05) is 48.5 Å². The van der Waals surface area contributed by atoms with Crippen molar-refractivity contribution < 1.29 is 9.59 Å². The molecule has 1 unspecified atom stereocenters. The molecule has 158 valence electrons. The van der Waals surface area contributed by atoms with E-state index in [0.717, 1.165) is 22.3 Å². The fourth-order valence-corrected chi connectivity index (χ4v) is 5.26. The number of rotatable bonds is 7. The number of para-hydroxylation sites is 1. The lowest BCUT2D eigenvalue weighted by Gasteiger charge is -2.13. The second-order valence-electron chi connectivity index (χ2n) is 7.01. The molecule has 0 spiro atoms. The van der Waals surface area contributed by atoms with Crippen molar-refractivity contribution in [3.63, 3.8) is 0 Å². The number of aryl methyl sites for hydroxylation is 1. The number of amidine groups is 1. The number of amides is 2. The fourth-order valence-electron chi connectivity index (χ4n) is 3.22. The smallest absolute Gasteiger partial charge is 0.242 e. The number of aromatic nitrogens is 1. The molecule has 1 saturated heterocycles. The number of carbonyl (C=O) groups is 2. The summed E-state index contributed by atoms with van der Waals surface area (Å²) in [4.78, 5) is 36.2. The minimum Gasteiger partial charge on any atom is -0.326 e. The number of thiazole rings is 1. The first-order valence-electron chi connectivity index (χ1n) is 9.99. The maximum absolute atomic E-state index is 12.9. The summed E-state index contributed by atoms with van der Waals surface area (Å²) in [6.45, 7) is 6.16. The highest BCUT2D eigenvalue weighted by atomic mass is 32.2. The highest BCUT2D eigenvalue weighted by Gasteiger charge is 2.38. The molecule has 2 amide bonds. The van der Waals surface area contributed by atoms with Gasteiger partial charge in [-0.05, 0) is 36.2 Å². The van der Waals surface area contributed by atoms with Gasteiger partial charge in [0.25, 0.3) is 0 Å². The molecular weight excluding hydrogens is 428 g/mol. The predicted molar refractivity (Wildman–Crippen MR) is 129 cm³/mol. The van der Waals surface area contributed by atoms with Crippen LogP contribution >= 0.6 is 23.1 Å². The second kappa shape index (κ2) is 9.45. The monoisotopic (exact) mass is 450 g/mol. The van der Waals surface area contributed by atoms with Gasteiger partial charge in [0, 0.05) is 18.7 Å². The molecule has 0 bridgehead atoms. The average molecular weight is 451 g/mol. The van der Waals surface area contributed by atoms with Crippen molar-refractivity contribution >= 4 is 61.1 Å². The molecule has 4 rings (SSSR count). The van der Waals surface area contributed by atoms with Gasteiger partial charge in [0.05, 0.1) is 10.2 Å². The Bertz CT molecular complexity index is 1120. The Kier molecular flexibility index (Phi) is 6.48. The number of nitrogens with zero attached hydrogens (tertiary/aromatic N) is 3. The van der Waals surface area contributed by atoms with Crippen molar-refractivity contribution in [3.8, 4) is 0 Å². The molecule has 31 heavy (non-hydrogen) atoms. The summed E-state index contributed by atoms with van der Waals surface area (Å²) >= 11 is 2.77. The van der Waals surface area contributed by atoms with Crippen LogP contribution in [0, 0.1) is 0 Å². The topological polar surface area (TPSA) is 74.7 Å². The van der Waals surface area contributed by atoms with Crippen LogP contribution in [-0.2, 0) is 16.0 Å². The van der Waals surface area contributed by atoms with E-state index in [-0.39, 0.29) is 18.2 Å². The SMILES string of the molecule is C=CCN1C(=O)C(CC(=O)Nc2ccc(CC)cc2)SC1=Nc1nc2ccccc2s1. The third-order valence-electron chi connectivity index (χ3n) is 4.82. The molecule has 0 radical (unpaired) electrons. The average Bonchev–Trinajstić information content (AvgIpc) is 3.30. The molecule has 1 aromatic heterocycles. The van der Waals surface area contributed by atoms with Crippen LogP contribution in [0.1, 0.15) is 18.9 Å². The van der Waals surface area contributed by atoms with Crippen molar-refractivity contribution in [3.05, 3.63) is 66.7 Å². The number of anilines is 1. The number of carbonyl (C=O) groups excluding carboxylic acids is 2. The Hall–Kier alpha value is -2.97. The largest absolute Gasteiger partial charge is 0.326 e. The number of aliphatic imine (C=N–C) groups is 1. The minimum absolute atomic E-state index is 0.0749. The normalized spacial score (nSPS) is 17.5. The van der Waals surface area contributed by atoms with Crippen LogP contribution in [0.2, 0.25) is 0 Å². The molecule has 1 N–H and O–H groups in total. The first-order chi connectivity index (χ1) is 15.1. The van der Waals surface area contributed by atoms with Gasteiger partial charge in [0.1, 0.15) is 5.25 Å². The number of fused-ring (bicyclic) bond motifs is 1. The molecule has 1 atom stereocenters. The molecule has 3 aromatic rings. The van der Waals surface area contributed by atoms with Gasteiger partial charge in [-0.2, -0.15) is 4.99 Å². The van der Waals surface area contributed by atoms with E-state index in [1.165, 1.54) is 28.7 Å². The van der Waals surface area contributed by atoms with Crippen LogP contribution in [0.3, 0.4) is 0 Å². The van der Waals surface area contributed by atoms with Crippen molar-refractivity contribution in [2.45, 2.75) is 25.0 Å². The minimum atomic E-state index is -0.525. The zero-order valence-corrected chi connectivity index (χ0v) is 18.7. The van der Waals surface area contributed by atoms with Gasteiger partial charge in [0.15, 0.2) is 5.17 Å². The molecule has 0 saturated carbocycles. The third kappa shape index (κ3) is 4.86. The molecule has 8 heteroatoms. The lowest BCUT2D eigenvalue weighted by Crippen LogP contribution is -2.33. The second-order valence-corrected chi connectivity index (χ2v) is 9.18. The Morgan fingerprint density at radius 1 is 1.26 bits per heavy atom. The third-order valence-corrected chi connectivity index (χ3v) is 6.93. The van der Waals surface area contributed by atoms with Crippen LogP contribution in [-0.4, -0.2) is 38.7 Å². The first kappa shape index (κ1) is 21.3. The Balaban J connectivity index is 1.49. The Morgan fingerprint density at radius 3 is 2.74 bits per heavy atom. The van der Waals surface area contributed by atoms with Crippen molar-refractivity contribution in [1.82, 2.24) is 9.88 Å². The van der Waals surface area contributed by atoms with Gasteiger partial charge < -0.3 is 5.32 Å². The summed E-state index contributed by atoms with van der Waals surface area (Å²) in [5, 5.41) is 3.49. The zero-order valence-electron chi connectivity index (χ0n) is 17.1. The van der Waals surface area contributed by atoms with Crippen LogP contribution in [0.15, 0.2) is 66.2 Å². The summed E-state index contributed by atoms with van der Waals surface area (Å²) in [6.07, 6.45) is 2.67. The standard InChI is InChI=1S/C23H22N4O2S2/c1-3-13-27-21(29)19(14-20(28)24-16-11-9-15(4-2)10-12-16)31-23(27)26-22-25-17-7-5-6-8-18(17)30-22/h3,5-12,19H,1,4,13-14H2,2H3,(H,24,28). The number of benzene rings is 2. The summed E-state index contributed by atoms with van der Waals surface area (Å²) in [5.41, 5.74) is 2.81. The van der Waals surface area contributed by atoms with E-state index in [1.54, 1.807) is 11.0 Å². The molecule has 2 aromatic carbocycles. The van der Waals surface area contributed by atoms with Crippen LogP contribution in [0.5, 0.6) is 0 Å². The fraction of sp³-hybridized carbons (Fsp3) is 0.217. The summed E-state index contributed by atoms with van der Waals surface area (Å²) in [5.74, 6) is -0.337. The lowest BCUT2D eigenvalue weighted by atomic mass is 10.1. The van der Waals surface area contributed by atoms with Gasteiger partial charge in [-0.1, -0.05) is 60.4 Å². The highest BCUT2D eigenvalue weighted by Crippen LogP contribution is 2.34. The maximum Gasteiger partial charge on any atom is 0.242 e. The molecule has 0 aliphatic carbocycles. The summed E-state index contributed by atoms with van der Waals surface area (Å²) in [7, 11) is 0. The molecular formula is C23H22N4O2S2. The van der Waals surface area contributed by atoms with E-state index in [0.29, 0.717) is 16.8 Å². The van der Waals surface area contributed by atoms with Gasteiger partial charge in [-0.25, -0.2) is 4.98 Å². The van der Waals surface area contributed by atoms with E-state index < -0.39 is 5.25 Å². The molecule has 6 nitrogen and oxygen atoms in total. The molecule has 2 heterocycles. The number of thioether (sulfide) groups is 1. The molecule has 1 aliphatic heterocycles. The van der Waals surface area contributed by atoms with E-state index in [2.05, 4.69) is 28.8 Å². The van der Waals surface area contributed by atoms with Gasteiger partial charge in [-0.15, -0.1) is 6.58 Å². The van der Waals surface area contributed by atoms with Gasteiger partial charge in [-0.3, -0.25) is 14.5 Å². The van der Waals surface area contributed by atoms with E-state index in [9.17, 15) is 9.59 Å². The quantitative estimate of drug-likeness (QED) is 0.514. The van der Waals surface area contributed by atoms with Crippen LogP contribution in [0.25, 0.3) is 10.2 Å². The van der Waals surface area contributed by atoms with Gasteiger partial charge >= 0.3 is 0 Å². The highest BCUT2D eigenvalue weighted by molar-refractivity contribution is 8.15. The molecule has 1 fully saturated rings. The van der Waals surface area contributed by atoms with E-state index >= 15 is 0 Å². The number of nitrogens with one attached hydrogen (secondary N) is 1. The van der Waals surface area contributed by atoms with E-state index in [4.69, 9.17) is 0 Å². The van der Waals surface area contributed by atoms with Crippen LogP contribution < -0.4 is 5.32 Å². The first-order valence-corrected chi connectivity index (χ1v) is 11.7. The number of hydrogen-bond acceptors (Lipinski definition) is 6. The van der Waals surface area contributed by atoms with Crippen molar-refractivity contribution in [2.24, 2.45) is 4.99 Å². The lowest BCUT2D eigenvalue weighted by molar-refractivity contribution is -0.127. The van der Waals surface area contributed by atoms with Crippen LogP contribution in [0.4, 0.5) is 10.8 Å². The Labute approximate surface area is 189 Å². The van der Waals surface area contributed by atoms with Crippen molar-refractivity contribution in [1.29, 1.82) is 0 Å². The molecule has 1 aliphatic rings. The maximum atomic E-state index is 12.9. The predicted octanol–water partition coefficient (Wildman–Crippen LogP) is 5.01. The summed E-state index contributed by atoms with van der Waals surface area (Å²) in [6, 6.07) is 15.5. The van der Waals surface area contributed by atoms with Gasteiger partial charge in [0.2, 0.25) is 16.9 Å².